The predicted octanol–water partition coefficient (Wildman–Crippen LogP) is 3.13. The minimum absolute atomic E-state index is 0.112. The number of hydrogen-bond acceptors (Lipinski definition) is 6. The van der Waals surface area contributed by atoms with Crippen LogP contribution in [0.15, 0.2) is 67.0 Å². The Kier molecular flexibility index (Phi) is 6.28. The summed E-state index contributed by atoms with van der Waals surface area (Å²) in [6, 6.07) is 18.9. The topological polar surface area (TPSA) is 106 Å². The molecule has 0 spiro atoms. The lowest BCUT2D eigenvalue weighted by Crippen LogP contribution is -2.47. The molecule has 0 radical (unpaired) electrons. The third kappa shape index (κ3) is 4.90. The molecule has 9 nitrogen and oxygen atoms in total. The summed E-state index contributed by atoms with van der Waals surface area (Å²) < 4.78 is 3.86. The molecule has 37 heavy (non-hydrogen) atoms. The van der Waals surface area contributed by atoms with E-state index in [0.717, 1.165) is 78.7 Å². The van der Waals surface area contributed by atoms with E-state index >= 15 is 0 Å². The number of nitrogen functional groups attached to an aromatic ring is 1. The average Bonchev–Trinajstić information content (AvgIpc) is 3.48. The van der Waals surface area contributed by atoms with Crippen LogP contribution in [0, 0.1) is 0 Å². The van der Waals surface area contributed by atoms with Crippen molar-refractivity contribution in [2.45, 2.75) is 25.8 Å². The minimum atomic E-state index is 0.112. The predicted molar refractivity (Wildman–Crippen MR) is 144 cm³/mol. The average molecular weight is 495 g/mol. The van der Waals surface area contributed by atoms with Crippen LogP contribution in [0.3, 0.4) is 0 Å². The fourth-order valence-corrected chi connectivity index (χ4v) is 5.14. The number of fused-ring (bicyclic) bond motifs is 2. The number of carbonyl (C=O) groups is 1. The van der Waals surface area contributed by atoms with E-state index in [1.165, 1.54) is 5.56 Å². The van der Waals surface area contributed by atoms with Gasteiger partial charge in [-0.25, -0.2) is 4.52 Å². The van der Waals surface area contributed by atoms with Gasteiger partial charge in [-0.2, -0.15) is 5.10 Å². The van der Waals surface area contributed by atoms with Crippen molar-refractivity contribution in [3.05, 3.63) is 78.2 Å². The van der Waals surface area contributed by atoms with Crippen LogP contribution in [0.2, 0.25) is 0 Å². The van der Waals surface area contributed by atoms with Crippen LogP contribution in [0.5, 0.6) is 0 Å². The highest BCUT2D eigenvalue weighted by molar-refractivity contribution is 5.93. The molecule has 1 fully saturated rings. The van der Waals surface area contributed by atoms with Crippen molar-refractivity contribution in [2.24, 2.45) is 0 Å². The summed E-state index contributed by atoms with van der Waals surface area (Å²) in [6.07, 6.45) is 6.55. The second kappa shape index (κ2) is 10.0. The van der Waals surface area contributed by atoms with Gasteiger partial charge in [0.2, 0.25) is 5.91 Å². The largest absolute Gasteiger partial charge is 0.396 e. The Morgan fingerprint density at radius 2 is 1.95 bits per heavy atom. The van der Waals surface area contributed by atoms with Gasteiger partial charge in [0, 0.05) is 35.9 Å². The Hall–Kier alpha value is -4.24. The van der Waals surface area contributed by atoms with E-state index in [0.29, 0.717) is 12.2 Å². The first-order chi connectivity index (χ1) is 18.1. The van der Waals surface area contributed by atoms with Crippen molar-refractivity contribution in [3.63, 3.8) is 0 Å². The van der Waals surface area contributed by atoms with Crippen LogP contribution in [0.1, 0.15) is 24.1 Å². The summed E-state index contributed by atoms with van der Waals surface area (Å²) in [5, 5.41) is 17.3. The first-order valence-electron chi connectivity index (χ1n) is 12.8. The number of piperazine rings is 1. The maximum Gasteiger partial charge on any atom is 0.234 e. The lowest BCUT2D eigenvalue weighted by atomic mass is 10.0. The number of amides is 1. The van der Waals surface area contributed by atoms with Crippen molar-refractivity contribution in [1.82, 2.24) is 34.8 Å². The fraction of sp³-hybridized carbons (Fsp3) is 0.286. The van der Waals surface area contributed by atoms with Crippen molar-refractivity contribution in [2.75, 3.05) is 31.9 Å². The van der Waals surface area contributed by atoms with Gasteiger partial charge in [-0.15, -0.1) is 5.10 Å². The minimum Gasteiger partial charge on any atom is -0.396 e. The van der Waals surface area contributed by atoms with E-state index in [4.69, 9.17) is 10.8 Å². The van der Waals surface area contributed by atoms with Gasteiger partial charge in [-0.3, -0.25) is 14.4 Å². The molecular formula is C28H30N8O. The lowest BCUT2D eigenvalue weighted by molar-refractivity contribution is -0.124. The van der Waals surface area contributed by atoms with E-state index in [1.54, 1.807) is 6.20 Å². The number of anilines is 1. The third-order valence-corrected chi connectivity index (χ3v) is 6.99. The van der Waals surface area contributed by atoms with Gasteiger partial charge in [-0.05, 0) is 49.1 Å². The fourth-order valence-electron chi connectivity index (χ4n) is 5.14. The zero-order valence-corrected chi connectivity index (χ0v) is 20.7. The summed E-state index contributed by atoms with van der Waals surface area (Å²) in [6.45, 7) is 3.78. The molecule has 0 bridgehead atoms. The van der Waals surface area contributed by atoms with Crippen molar-refractivity contribution >= 4 is 28.0 Å². The van der Waals surface area contributed by atoms with Crippen LogP contribution >= 0.6 is 0 Å². The number of nitrogens with one attached hydrogen (secondary N) is 1. The number of aromatic nitrogens is 5. The molecule has 1 aliphatic heterocycles. The highest BCUT2D eigenvalue weighted by Crippen LogP contribution is 2.33. The molecule has 3 N–H and O–H groups in total. The van der Waals surface area contributed by atoms with E-state index in [1.807, 2.05) is 27.4 Å². The number of nitrogens with two attached hydrogens (primary N) is 1. The number of benzene rings is 2. The molecule has 0 aliphatic carbocycles. The first-order valence-corrected chi connectivity index (χ1v) is 12.8. The molecule has 1 amide bonds. The molecule has 188 valence electrons. The van der Waals surface area contributed by atoms with Gasteiger partial charge in [0.25, 0.3) is 0 Å². The number of rotatable bonds is 8. The molecule has 5 aromatic rings. The van der Waals surface area contributed by atoms with Crippen LogP contribution in [0.4, 0.5) is 5.69 Å². The SMILES string of the molecule is Nc1cnnn2c(CCCCN3CCNC(=O)C3)cc(-c3ccc4cn(Cc5ccccc5)nc4c3)c12. The van der Waals surface area contributed by atoms with Gasteiger partial charge in [0.05, 0.1) is 36.0 Å². The molecule has 2 aromatic carbocycles. The van der Waals surface area contributed by atoms with Gasteiger partial charge < -0.3 is 11.1 Å². The van der Waals surface area contributed by atoms with Crippen LogP contribution < -0.4 is 11.1 Å². The number of carbonyl (C=O) groups excluding carboxylic acids is 1. The molecule has 0 unspecified atom stereocenters. The Balaban J connectivity index is 1.24. The summed E-state index contributed by atoms with van der Waals surface area (Å²) in [7, 11) is 0. The number of aryl methyl sites for hydroxylation is 1. The summed E-state index contributed by atoms with van der Waals surface area (Å²) in [5.41, 5.74) is 13.2. The summed E-state index contributed by atoms with van der Waals surface area (Å²) in [5.74, 6) is 0.112. The molecule has 3 aromatic heterocycles. The lowest BCUT2D eigenvalue weighted by Gasteiger charge is -2.26. The van der Waals surface area contributed by atoms with Crippen molar-refractivity contribution in [1.29, 1.82) is 0 Å². The van der Waals surface area contributed by atoms with Gasteiger partial charge in [0.15, 0.2) is 0 Å². The standard InChI is InChI=1S/C28H30N8O/c29-25-16-31-33-36-23(8-4-5-12-34-13-11-30-27(37)19-34)15-24(28(25)36)21-9-10-22-18-35(32-26(22)14-21)17-20-6-2-1-3-7-20/h1-3,6-7,9-10,14-16,18H,4-5,8,11-13,17,19,29H2,(H,30,37). The first kappa shape index (κ1) is 23.2. The van der Waals surface area contributed by atoms with E-state index in [2.05, 4.69) is 63.1 Å². The Labute approximate surface area is 214 Å². The van der Waals surface area contributed by atoms with E-state index in [9.17, 15) is 4.79 Å². The summed E-state index contributed by atoms with van der Waals surface area (Å²) in [4.78, 5) is 13.8. The summed E-state index contributed by atoms with van der Waals surface area (Å²) >= 11 is 0. The molecule has 0 atom stereocenters. The Bertz CT molecular complexity index is 1560. The highest BCUT2D eigenvalue weighted by atomic mass is 16.2. The highest BCUT2D eigenvalue weighted by Gasteiger charge is 2.17. The van der Waals surface area contributed by atoms with Crippen LogP contribution in [0.25, 0.3) is 27.5 Å². The molecule has 1 aliphatic rings. The van der Waals surface area contributed by atoms with E-state index < -0.39 is 0 Å². The van der Waals surface area contributed by atoms with Gasteiger partial charge >= 0.3 is 0 Å². The smallest absolute Gasteiger partial charge is 0.234 e. The monoisotopic (exact) mass is 494 g/mol. The van der Waals surface area contributed by atoms with Gasteiger partial charge in [0.1, 0.15) is 0 Å². The number of nitrogens with zero attached hydrogens (tertiary/aromatic N) is 6. The zero-order chi connectivity index (χ0) is 25.2. The second-order valence-corrected chi connectivity index (χ2v) is 9.67. The number of hydrogen-bond donors (Lipinski definition) is 2. The van der Waals surface area contributed by atoms with Crippen molar-refractivity contribution in [3.8, 4) is 11.1 Å². The maximum atomic E-state index is 11.6. The number of unbranched alkanes of at least 4 members (excludes halogenated alkanes) is 1. The molecule has 9 heteroatoms. The van der Waals surface area contributed by atoms with Crippen molar-refractivity contribution < 1.29 is 4.79 Å². The Morgan fingerprint density at radius 3 is 2.81 bits per heavy atom. The van der Waals surface area contributed by atoms with Crippen LogP contribution in [-0.2, 0) is 17.8 Å². The van der Waals surface area contributed by atoms with E-state index in [-0.39, 0.29) is 5.91 Å². The Morgan fingerprint density at radius 1 is 1.05 bits per heavy atom. The molecule has 6 rings (SSSR count). The second-order valence-electron chi connectivity index (χ2n) is 9.67. The molecule has 4 heterocycles. The van der Waals surface area contributed by atoms with Crippen LogP contribution in [-0.4, -0.2) is 61.6 Å². The quantitative estimate of drug-likeness (QED) is 0.321. The molecule has 0 saturated carbocycles. The normalized spacial score (nSPS) is 14.4. The third-order valence-electron chi connectivity index (χ3n) is 6.99. The molecular weight excluding hydrogens is 464 g/mol. The maximum absolute atomic E-state index is 11.6. The molecule has 1 saturated heterocycles. The zero-order valence-electron chi connectivity index (χ0n) is 20.7. The van der Waals surface area contributed by atoms with Gasteiger partial charge in [-0.1, -0.05) is 47.7 Å².